The van der Waals surface area contributed by atoms with Crippen LogP contribution in [0.25, 0.3) is 0 Å². The standard InChI is InChI=1S/C12H13N3O2S/c1-18-12-14-10(13)6-11(15-12)17-9-5-3-2-4-8(9)7-16/h2-6,16H,7H2,1H3,(H2,13,14,15). The van der Waals surface area contributed by atoms with Crippen molar-refractivity contribution in [1.82, 2.24) is 9.97 Å². The molecule has 1 heterocycles. The smallest absolute Gasteiger partial charge is 0.225 e. The molecule has 5 nitrogen and oxygen atoms in total. The van der Waals surface area contributed by atoms with Gasteiger partial charge in [-0.1, -0.05) is 30.0 Å². The van der Waals surface area contributed by atoms with Crippen LogP contribution >= 0.6 is 11.8 Å². The first-order valence-electron chi connectivity index (χ1n) is 5.28. The minimum Gasteiger partial charge on any atom is -0.438 e. The van der Waals surface area contributed by atoms with Crippen LogP contribution in [0.5, 0.6) is 11.6 Å². The van der Waals surface area contributed by atoms with Crippen molar-refractivity contribution in [2.45, 2.75) is 11.8 Å². The third kappa shape index (κ3) is 2.91. The Bertz CT molecular complexity index is 549. The van der Waals surface area contributed by atoms with Crippen molar-refractivity contribution in [2.75, 3.05) is 12.0 Å². The van der Waals surface area contributed by atoms with Crippen LogP contribution in [-0.2, 0) is 6.61 Å². The fraction of sp³-hybridized carbons (Fsp3) is 0.167. The van der Waals surface area contributed by atoms with Gasteiger partial charge < -0.3 is 15.6 Å². The summed E-state index contributed by atoms with van der Waals surface area (Å²) in [6, 6.07) is 8.76. The highest BCUT2D eigenvalue weighted by Gasteiger charge is 2.07. The number of benzene rings is 1. The Hall–Kier alpha value is -1.79. The zero-order valence-corrected chi connectivity index (χ0v) is 10.6. The van der Waals surface area contributed by atoms with Gasteiger partial charge in [0.25, 0.3) is 0 Å². The average molecular weight is 263 g/mol. The van der Waals surface area contributed by atoms with Gasteiger partial charge in [-0.2, -0.15) is 4.98 Å². The fourth-order valence-electron chi connectivity index (χ4n) is 1.41. The molecule has 94 valence electrons. The lowest BCUT2D eigenvalue weighted by atomic mass is 10.2. The summed E-state index contributed by atoms with van der Waals surface area (Å²) >= 11 is 1.39. The van der Waals surface area contributed by atoms with Crippen molar-refractivity contribution in [3.63, 3.8) is 0 Å². The molecule has 0 aliphatic heterocycles. The molecule has 1 aromatic carbocycles. The monoisotopic (exact) mass is 263 g/mol. The summed E-state index contributed by atoms with van der Waals surface area (Å²) in [6.07, 6.45) is 1.86. The van der Waals surface area contributed by atoms with E-state index in [1.54, 1.807) is 18.2 Å². The Balaban J connectivity index is 2.30. The Morgan fingerprint density at radius 3 is 2.83 bits per heavy atom. The fourth-order valence-corrected chi connectivity index (χ4v) is 1.79. The molecule has 0 aliphatic carbocycles. The molecule has 0 atom stereocenters. The zero-order chi connectivity index (χ0) is 13.0. The number of hydrogen-bond acceptors (Lipinski definition) is 6. The van der Waals surface area contributed by atoms with Gasteiger partial charge in [-0.3, -0.25) is 0 Å². The molecule has 0 aliphatic rings. The molecule has 0 saturated carbocycles. The molecule has 0 radical (unpaired) electrons. The van der Waals surface area contributed by atoms with E-state index in [1.807, 2.05) is 18.4 Å². The maximum Gasteiger partial charge on any atom is 0.225 e. The lowest BCUT2D eigenvalue weighted by Crippen LogP contribution is -1.98. The summed E-state index contributed by atoms with van der Waals surface area (Å²) in [5, 5.41) is 9.76. The second kappa shape index (κ2) is 5.70. The molecule has 0 unspecified atom stereocenters. The molecule has 0 amide bonds. The van der Waals surface area contributed by atoms with Crippen molar-refractivity contribution in [3.8, 4) is 11.6 Å². The first-order chi connectivity index (χ1) is 8.72. The van der Waals surface area contributed by atoms with Crippen LogP contribution in [0.15, 0.2) is 35.5 Å². The molecule has 0 saturated heterocycles. The second-order valence-corrected chi connectivity index (χ2v) is 4.26. The number of ether oxygens (including phenoxy) is 1. The number of aliphatic hydroxyl groups excluding tert-OH is 1. The van der Waals surface area contributed by atoms with Crippen molar-refractivity contribution in [1.29, 1.82) is 0 Å². The number of aromatic nitrogens is 2. The summed E-state index contributed by atoms with van der Waals surface area (Å²) < 4.78 is 5.62. The third-order valence-electron chi connectivity index (χ3n) is 2.24. The van der Waals surface area contributed by atoms with Crippen LogP contribution in [0.4, 0.5) is 5.82 Å². The molecule has 2 rings (SSSR count). The lowest BCUT2D eigenvalue weighted by Gasteiger charge is -2.09. The van der Waals surface area contributed by atoms with Gasteiger partial charge in [0, 0.05) is 11.6 Å². The third-order valence-corrected chi connectivity index (χ3v) is 2.79. The zero-order valence-electron chi connectivity index (χ0n) is 9.83. The first kappa shape index (κ1) is 12.7. The van der Waals surface area contributed by atoms with E-state index in [2.05, 4.69) is 9.97 Å². The van der Waals surface area contributed by atoms with Gasteiger partial charge in [-0.05, 0) is 12.3 Å². The van der Waals surface area contributed by atoms with Crippen LogP contribution < -0.4 is 10.5 Å². The van der Waals surface area contributed by atoms with Gasteiger partial charge in [0.2, 0.25) is 5.88 Å². The van der Waals surface area contributed by atoms with E-state index in [0.29, 0.717) is 28.2 Å². The van der Waals surface area contributed by atoms with Crippen LogP contribution in [0.1, 0.15) is 5.56 Å². The van der Waals surface area contributed by atoms with Crippen molar-refractivity contribution < 1.29 is 9.84 Å². The maximum absolute atomic E-state index is 9.21. The Morgan fingerprint density at radius 1 is 1.33 bits per heavy atom. The molecule has 0 fully saturated rings. The largest absolute Gasteiger partial charge is 0.438 e. The van der Waals surface area contributed by atoms with E-state index in [4.69, 9.17) is 10.5 Å². The number of thioether (sulfide) groups is 1. The molecule has 18 heavy (non-hydrogen) atoms. The molecule has 6 heteroatoms. The number of nitrogens with zero attached hydrogens (tertiary/aromatic N) is 2. The van der Waals surface area contributed by atoms with Gasteiger partial charge in [-0.15, -0.1) is 0 Å². The van der Waals surface area contributed by atoms with E-state index in [1.165, 1.54) is 11.8 Å². The summed E-state index contributed by atoms with van der Waals surface area (Å²) in [4.78, 5) is 8.23. The van der Waals surface area contributed by atoms with Crippen LogP contribution in [0, 0.1) is 0 Å². The van der Waals surface area contributed by atoms with Crippen molar-refractivity contribution >= 4 is 17.6 Å². The van der Waals surface area contributed by atoms with Gasteiger partial charge in [-0.25, -0.2) is 4.98 Å². The summed E-state index contributed by atoms with van der Waals surface area (Å²) in [5.41, 5.74) is 6.36. The average Bonchev–Trinajstić information content (AvgIpc) is 2.38. The summed E-state index contributed by atoms with van der Waals surface area (Å²) in [6.45, 7) is -0.0911. The number of hydrogen-bond donors (Lipinski definition) is 2. The highest BCUT2D eigenvalue weighted by molar-refractivity contribution is 7.98. The predicted molar refractivity (Wildman–Crippen MR) is 70.7 cm³/mol. The Morgan fingerprint density at radius 2 is 2.11 bits per heavy atom. The molecule has 0 spiro atoms. The van der Waals surface area contributed by atoms with Crippen LogP contribution in [-0.4, -0.2) is 21.3 Å². The van der Waals surface area contributed by atoms with Gasteiger partial charge in [0.1, 0.15) is 11.6 Å². The maximum atomic E-state index is 9.21. The first-order valence-corrected chi connectivity index (χ1v) is 6.50. The summed E-state index contributed by atoms with van der Waals surface area (Å²) in [5.74, 6) is 1.28. The number of anilines is 1. The number of rotatable bonds is 4. The predicted octanol–water partition coefficient (Wildman–Crippen LogP) is 2.07. The normalized spacial score (nSPS) is 10.3. The van der Waals surface area contributed by atoms with Crippen LogP contribution in [0.2, 0.25) is 0 Å². The van der Waals surface area contributed by atoms with Crippen molar-refractivity contribution in [2.24, 2.45) is 0 Å². The molecule has 2 aromatic rings. The van der Waals surface area contributed by atoms with Crippen molar-refractivity contribution in [3.05, 3.63) is 35.9 Å². The molecule has 3 N–H and O–H groups in total. The minimum atomic E-state index is -0.0911. The van der Waals surface area contributed by atoms with Gasteiger partial charge >= 0.3 is 0 Å². The molecular formula is C12H13N3O2S. The van der Waals surface area contributed by atoms with E-state index < -0.39 is 0 Å². The van der Waals surface area contributed by atoms with E-state index in [-0.39, 0.29) is 6.61 Å². The minimum absolute atomic E-state index is 0.0911. The van der Waals surface area contributed by atoms with Gasteiger partial charge in [0.15, 0.2) is 5.16 Å². The number of para-hydroxylation sites is 1. The highest BCUT2D eigenvalue weighted by Crippen LogP contribution is 2.26. The number of nitrogen functional groups attached to an aromatic ring is 1. The van der Waals surface area contributed by atoms with Crippen LogP contribution in [0.3, 0.4) is 0 Å². The van der Waals surface area contributed by atoms with E-state index >= 15 is 0 Å². The lowest BCUT2D eigenvalue weighted by molar-refractivity contribution is 0.276. The Labute approximate surface area is 109 Å². The topological polar surface area (TPSA) is 81.3 Å². The molecule has 0 bridgehead atoms. The SMILES string of the molecule is CSc1nc(N)cc(Oc2ccccc2CO)n1. The second-order valence-electron chi connectivity index (χ2n) is 3.49. The summed E-state index contributed by atoms with van der Waals surface area (Å²) in [7, 11) is 0. The number of aliphatic hydroxyl groups is 1. The van der Waals surface area contributed by atoms with Gasteiger partial charge in [0.05, 0.1) is 6.61 Å². The van der Waals surface area contributed by atoms with E-state index in [9.17, 15) is 5.11 Å². The quantitative estimate of drug-likeness (QED) is 0.649. The highest BCUT2D eigenvalue weighted by atomic mass is 32.2. The Kier molecular flexibility index (Phi) is 4.01. The molecule has 1 aromatic heterocycles. The number of nitrogens with two attached hydrogens (primary N) is 1. The van der Waals surface area contributed by atoms with E-state index in [0.717, 1.165) is 0 Å². The molecular weight excluding hydrogens is 250 g/mol.